The Balaban J connectivity index is 2.23. The van der Waals surface area contributed by atoms with E-state index >= 15 is 0 Å². The lowest BCUT2D eigenvalue weighted by Crippen LogP contribution is -2.60. The first-order valence-electron chi connectivity index (χ1n) is 6.55. The molecule has 0 aromatic heterocycles. The highest BCUT2D eigenvalue weighted by atomic mass is 79.9. The van der Waals surface area contributed by atoms with Gasteiger partial charge in [-0.25, -0.2) is 4.39 Å². The van der Waals surface area contributed by atoms with E-state index < -0.39 is 0 Å². The van der Waals surface area contributed by atoms with E-state index in [0.717, 1.165) is 36.9 Å². The Morgan fingerprint density at radius 3 is 2.72 bits per heavy atom. The number of nitrogens with zero attached hydrogens (tertiary/aromatic N) is 1. The summed E-state index contributed by atoms with van der Waals surface area (Å²) in [5.74, 6) is -0.146. The summed E-state index contributed by atoms with van der Waals surface area (Å²) in [5.41, 5.74) is 0.837. The molecule has 2 rings (SSSR count). The van der Waals surface area contributed by atoms with Gasteiger partial charge in [-0.2, -0.15) is 0 Å². The second kappa shape index (κ2) is 5.57. The molecular weight excluding hydrogens is 295 g/mol. The van der Waals surface area contributed by atoms with Crippen LogP contribution in [0, 0.1) is 5.82 Å². The van der Waals surface area contributed by atoms with Crippen LogP contribution in [0.25, 0.3) is 0 Å². The number of nitrogens with one attached hydrogen (secondary N) is 1. The molecule has 0 spiro atoms. The van der Waals surface area contributed by atoms with Gasteiger partial charge in [0.25, 0.3) is 0 Å². The predicted molar refractivity (Wildman–Crippen MR) is 77.6 cm³/mol. The highest BCUT2D eigenvalue weighted by molar-refractivity contribution is 9.10. The average Bonchev–Trinajstić information content (AvgIpc) is 2.38. The maximum absolute atomic E-state index is 14.0. The Kier molecular flexibility index (Phi) is 4.28. The smallest absolute Gasteiger partial charge is 0.147 e. The molecule has 2 nitrogen and oxygen atoms in total. The summed E-state index contributed by atoms with van der Waals surface area (Å²) < 4.78 is 14.8. The highest BCUT2D eigenvalue weighted by Crippen LogP contribution is 2.28. The molecule has 0 amide bonds. The topological polar surface area (TPSA) is 15.3 Å². The van der Waals surface area contributed by atoms with E-state index in [9.17, 15) is 4.39 Å². The maximum atomic E-state index is 14.0. The molecule has 1 aliphatic rings. The van der Waals surface area contributed by atoms with E-state index in [1.165, 1.54) is 6.07 Å². The molecule has 18 heavy (non-hydrogen) atoms. The first kappa shape index (κ1) is 13.8. The van der Waals surface area contributed by atoms with Gasteiger partial charge in [0.1, 0.15) is 5.82 Å². The van der Waals surface area contributed by atoms with Crippen molar-refractivity contribution in [2.75, 3.05) is 24.5 Å². The zero-order chi connectivity index (χ0) is 13.2. The molecule has 0 saturated carbocycles. The molecule has 0 atom stereocenters. The van der Waals surface area contributed by atoms with Crippen molar-refractivity contribution in [1.29, 1.82) is 0 Å². The largest absolute Gasteiger partial charge is 0.366 e. The minimum atomic E-state index is -0.146. The number of benzene rings is 1. The van der Waals surface area contributed by atoms with Crippen LogP contribution < -0.4 is 10.2 Å². The van der Waals surface area contributed by atoms with Gasteiger partial charge in [-0.3, -0.25) is 0 Å². The molecule has 1 heterocycles. The molecule has 1 aromatic rings. The lowest BCUT2D eigenvalue weighted by molar-refractivity contribution is 0.276. The molecule has 1 aromatic carbocycles. The van der Waals surface area contributed by atoms with Crippen molar-refractivity contribution in [1.82, 2.24) is 5.32 Å². The standard InChI is InChI=1S/C14H20BrFN2/c1-3-14(4-2)10-18(8-7-17-14)13-6-5-11(15)9-12(13)16/h5-6,9,17H,3-4,7-8,10H2,1-2H3. The lowest BCUT2D eigenvalue weighted by atomic mass is 9.90. The summed E-state index contributed by atoms with van der Waals surface area (Å²) in [6.07, 6.45) is 2.14. The highest BCUT2D eigenvalue weighted by Gasteiger charge is 2.32. The Morgan fingerprint density at radius 1 is 1.39 bits per heavy atom. The van der Waals surface area contributed by atoms with Crippen molar-refractivity contribution < 1.29 is 4.39 Å². The number of hydrogen-bond donors (Lipinski definition) is 1. The van der Waals surface area contributed by atoms with E-state index in [4.69, 9.17) is 0 Å². The van der Waals surface area contributed by atoms with E-state index in [1.54, 1.807) is 0 Å². The van der Waals surface area contributed by atoms with Crippen LogP contribution in [-0.2, 0) is 0 Å². The number of piperazine rings is 1. The quantitative estimate of drug-likeness (QED) is 0.917. The summed E-state index contributed by atoms with van der Waals surface area (Å²) >= 11 is 3.30. The van der Waals surface area contributed by atoms with Gasteiger partial charge in [0.05, 0.1) is 5.69 Å². The monoisotopic (exact) mass is 314 g/mol. The average molecular weight is 315 g/mol. The third kappa shape index (κ3) is 2.69. The van der Waals surface area contributed by atoms with Gasteiger partial charge in [-0.15, -0.1) is 0 Å². The lowest BCUT2D eigenvalue weighted by Gasteiger charge is -2.44. The van der Waals surface area contributed by atoms with Gasteiger partial charge in [0.2, 0.25) is 0 Å². The summed E-state index contributed by atoms with van der Waals surface area (Å²) in [5, 5.41) is 3.59. The number of anilines is 1. The molecule has 0 bridgehead atoms. The van der Waals surface area contributed by atoms with Crippen molar-refractivity contribution in [2.45, 2.75) is 32.2 Å². The number of halogens is 2. The second-order valence-electron chi connectivity index (χ2n) is 4.93. The fraction of sp³-hybridized carbons (Fsp3) is 0.571. The summed E-state index contributed by atoms with van der Waals surface area (Å²) in [7, 11) is 0. The molecule has 0 radical (unpaired) electrons. The Bertz CT molecular complexity index is 418. The first-order valence-corrected chi connectivity index (χ1v) is 7.34. The van der Waals surface area contributed by atoms with E-state index in [1.807, 2.05) is 12.1 Å². The van der Waals surface area contributed by atoms with Crippen LogP contribution >= 0.6 is 15.9 Å². The van der Waals surface area contributed by atoms with Crippen molar-refractivity contribution in [3.05, 3.63) is 28.5 Å². The van der Waals surface area contributed by atoms with Crippen molar-refractivity contribution in [3.8, 4) is 0 Å². The van der Waals surface area contributed by atoms with Gasteiger partial charge < -0.3 is 10.2 Å². The molecule has 1 saturated heterocycles. The third-order valence-electron chi connectivity index (χ3n) is 3.98. The summed E-state index contributed by atoms with van der Waals surface area (Å²) in [6.45, 7) is 7.03. The van der Waals surface area contributed by atoms with Crippen LogP contribution in [0.3, 0.4) is 0 Å². The van der Waals surface area contributed by atoms with Crippen LogP contribution in [0.15, 0.2) is 22.7 Å². The second-order valence-corrected chi connectivity index (χ2v) is 5.85. The minimum absolute atomic E-state index is 0.123. The zero-order valence-electron chi connectivity index (χ0n) is 11.0. The van der Waals surface area contributed by atoms with Gasteiger partial charge in [-0.1, -0.05) is 29.8 Å². The SMILES string of the molecule is CCC1(CC)CN(c2ccc(Br)cc2F)CCN1. The molecule has 1 aliphatic heterocycles. The summed E-state index contributed by atoms with van der Waals surface area (Å²) in [4.78, 5) is 2.16. The van der Waals surface area contributed by atoms with Gasteiger partial charge in [0.15, 0.2) is 0 Å². The first-order chi connectivity index (χ1) is 8.60. The Morgan fingerprint density at radius 2 is 2.11 bits per heavy atom. The van der Waals surface area contributed by atoms with Crippen LogP contribution in [-0.4, -0.2) is 25.2 Å². The van der Waals surface area contributed by atoms with Crippen LogP contribution in [0.4, 0.5) is 10.1 Å². The van der Waals surface area contributed by atoms with E-state index in [0.29, 0.717) is 5.69 Å². The van der Waals surface area contributed by atoms with Gasteiger partial charge in [-0.05, 0) is 31.0 Å². The molecule has 1 fully saturated rings. The molecule has 1 N–H and O–H groups in total. The fourth-order valence-corrected chi connectivity index (χ4v) is 2.96. The normalized spacial score (nSPS) is 19.0. The Hall–Kier alpha value is -0.610. The maximum Gasteiger partial charge on any atom is 0.147 e. The van der Waals surface area contributed by atoms with Gasteiger partial charge in [0, 0.05) is 29.6 Å². The van der Waals surface area contributed by atoms with Crippen LogP contribution in [0.5, 0.6) is 0 Å². The summed E-state index contributed by atoms with van der Waals surface area (Å²) in [6, 6.07) is 5.30. The zero-order valence-corrected chi connectivity index (χ0v) is 12.6. The number of hydrogen-bond acceptors (Lipinski definition) is 2. The third-order valence-corrected chi connectivity index (χ3v) is 4.47. The van der Waals surface area contributed by atoms with Crippen LogP contribution in [0.1, 0.15) is 26.7 Å². The Labute approximate surface area is 117 Å². The van der Waals surface area contributed by atoms with Crippen molar-refractivity contribution in [2.24, 2.45) is 0 Å². The molecule has 0 aliphatic carbocycles. The van der Waals surface area contributed by atoms with E-state index in [2.05, 4.69) is 40.0 Å². The van der Waals surface area contributed by atoms with Crippen molar-refractivity contribution >= 4 is 21.6 Å². The number of rotatable bonds is 3. The predicted octanol–water partition coefficient (Wildman–Crippen LogP) is 3.56. The van der Waals surface area contributed by atoms with Crippen LogP contribution in [0.2, 0.25) is 0 Å². The molecule has 4 heteroatoms. The molecule has 100 valence electrons. The minimum Gasteiger partial charge on any atom is -0.366 e. The van der Waals surface area contributed by atoms with Gasteiger partial charge >= 0.3 is 0 Å². The van der Waals surface area contributed by atoms with E-state index in [-0.39, 0.29) is 11.4 Å². The van der Waals surface area contributed by atoms with Crippen molar-refractivity contribution in [3.63, 3.8) is 0 Å². The molecule has 0 unspecified atom stereocenters. The molecular formula is C14H20BrFN2. The fourth-order valence-electron chi connectivity index (χ4n) is 2.62.